The number of fused-ring (bicyclic) bond motifs is 1. The highest BCUT2D eigenvalue weighted by molar-refractivity contribution is 5.82. The molecule has 0 unspecified atom stereocenters. The Bertz CT molecular complexity index is 670. The molecule has 0 atom stereocenters. The third-order valence-electron chi connectivity index (χ3n) is 5.54. The van der Waals surface area contributed by atoms with E-state index < -0.39 is 0 Å². The van der Waals surface area contributed by atoms with E-state index in [2.05, 4.69) is 11.1 Å². The summed E-state index contributed by atoms with van der Waals surface area (Å²) in [5.74, 6) is 1.04. The molecule has 1 aromatic heterocycles. The molecule has 2 aliphatic rings. The normalized spacial score (nSPS) is 27.7. The lowest BCUT2D eigenvalue weighted by Crippen LogP contribution is -2.34. The molecule has 4 rings (SSSR count). The summed E-state index contributed by atoms with van der Waals surface area (Å²) in [6.07, 6.45) is 9.00. The second-order valence-corrected chi connectivity index (χ2v) is 6.84. The fourth-order valence-corrected chi connectivity index (χ4v) is 4.03. The van der Waals surface area contributed by atoms with Gasteiger partial charge in [-0.15, -0.1) is 0 Å². The average Bonchev–Trinajstić information content (AvgIpc) is 3.26. The second kappa shape index (κ2) is 4.77. The van der Waals surface area contributed by atoms with Crippen molar-refractivity contribution in [3.63, 3.8) is 0 Å². The number of hydrogen-bond acceptors (Lipinski definition) is 2. The highest BCUT2D eigenvalue weighted by Crippen LogP contribution is 2.49. The molecule has 1 aromatic carbocycles. The van der Waals surface area contributed by atoms with Gasteiger partial charge in [0.05, 0.1) is 5.52 Å². The third kappa shape index (κ3) is 2.34. The number of nitrogens with zero attached hydrogens (tertiary/aromatic N) is 1. The van der Waals surface area contributed by atoms with Crippen molar-refractivity contribution >= 4 is 10.9 Å². The topological polar surface area (TPSA) is 38.9 Å². The van der Waals surface area contributed by atoms with E-state index in [4.69, 9.17) is 5.73 Å². The molecule has 1 heterocycles. The van der Waals surface area contributed by atoms with Gasteiger partial charge in [-0.3, -0.25) is 4.98 Å². The zero-order valence-corrected chi connectivity index (χ0v) is 12.2. The van der Waals surface area contributed by atoms with E-state index in [1.54, 1.807) is 12.1 Å². The van der Waals surface area contributed by atoms with E-state index in [1.807, 2.05) is 6.20 Å². The molecular weight excluding hydrogens is 263 g/mol. The van der Waals surface area contributed by atoms with Gasteiger partial charge in [0.1, 0.15) is 5.82 Å². The number of nitrogens with two attached hydrogens (primary N) is 1. The van der Waals surface area contributed by atoms with E-state index in [9.17, 15) is 4.39 Å². The molecule has 110 valence electrons. The van der Waals surface area contributed by atoms with E-state index in [1.165, 1.54) is 50.2 Å². The minimum absolute atomic E-state index is 0.150. The summed E-state index contributed by atoms with van der Waals surface area (Å²) in [5, 5.41) is 0.981. The van der Waals surface area contributed by atoms with Gasteiger partial charge in [0.25, 0.3) is 0 Å². The van der Waals surface area contributed by atoms with Crippen LogP contribution in [0, 0.1) is 11.7 Å². The summed E-state index contributed by atoms with van der Waals surface area (Å²) in [4.78, 5) is 4.36. The van der Waals surface area contributed by atoms with Crippen molar-refractivity contribution in [1.29, 1.82) is 0 Å². The fraction of sp³-hybridized carbons (Fsp3) is 0.500. The summed E-state index contributed by atoms with van der Waals surface area (Å²) in [7, 11) is 0. The van der Waals surface area contributed by atoms with Crippen LogP contribution in [-0.2, 0) is 0 Å². The number of hydrogen-bond donors (Lipinski definition) is 1. The highest BCUT2D eigenvalue weighted by Gasteiger charge is 2.46. The van der Waals surface area contributed by atoms with Gasteiger partial charge >= 0.3 is 0 Å². The summed E-state index contributed by atoms with van der Waals surface area (Å²) in [6.45, 7) is 0. The van der Waals surface area contributed by atoms with Gasteiger partial charge in [-0.25, -0.2) is 4.39 Å². The zero-order chi connectivity index (χ0) is 14.4. The fourth-order valence-electron chi connectivity index (χ4n) is 4.03. The van der Waals surface area contributed by atoms with Gasteiger partial charge < -0.3 is 5.73 Å². The Morgan fingerprint density at radius 1 is 1.10 bits per heavy atom. The molecule has 2 aromatic rings. The van der Waals surface area contributed by atoms with Crippen LogP contribution in [0.25, 0.3) is 10.9 Å². The third-order valence-corrected chi connectivity index (χ3v) is 5.54. The Morgan fingerprint density at radius 3 is 2.57 bits per heavy atom. The minimum atomic E-state index is -0.177. The largest absolute Gasteiger partial charge is 0.325 e. The van der Waals surface area contributed by atoms with E-state index in [-0.39, 0.29) is 11.4 Å². The predicted octanol–water partition coefficient (Wildman–Crippen LogP) is 4.14. The number of rotatable bonds is 2. The Hall–Kier alpha value is -1.48. The highest BCUT2D eigenvalue weighted by atomic mass is 19.1. The summed E-state index contributed by atoms with van der Waals surface area (Å²) < 4.78 is 13.6. The van der Waals surface area contributed by atoms with Crippen LogP contribution in [0.15, 0.2) is 30.5 Å². The van der Waals surface area contributed by atoms with Crippen molar-refractivity contribution in [1.82, 2.24) is 4.98 Å². The Morgan fingerprint density at radius 2 is 1.86 bits per heavy atom. The SMILES string of the molecule is NC1(C2CCC(c3ccnc4ccc(F)cc34)CC2)CC1. The van der Waals surface area contributed by atoms with Gasteiger partial charge in [-0.1, -0.05) is 0 Å². The molecule has 0 bridgehead atoms. The van der Waals surface area contributed by atoms with Crippen LogP contribution < -0.4 is 5.73 Å². The van der Waals surface area contributed by atoms with Gasteiger partial charge in [0.2, 0.25) is 0 Å². The molecule has 0 aliphatic heterocycles. The predicted molar refractivity (Wildman–Crippen MR) is 82.6 cm³/mol. The Labute approximate surface area is 124 Å². The van der Waals surface area contributed by atoms with E-state index in [0.29, 0.717) is 11.8 Å². The molecule has 0 saturated heterocycles. The summed E-state index contributed by atoms with van der Waals surface area (Å²) >= 11 is 0. The molecule has 0 spiro atoms. The first-order valence-corrected chi connectivity index (χ1v) is 7.99. The standard InChI is InChI=1S/C18H21FN2/c19-14-5-6-17-16(11-14)15(7-10-21-17)12-1-3-13(4-2-12)18(20)8-9-18/h5-7,10-13H,1-4,8-9,20H2. The van der Waals surface area contributed by atoms with Crippen LogP contribution >= 0.6 is 0 Å². The second-order valence-electron chi connectivity index (χ2n) is 6.84. The maximum atomic E-state index is 13.6. The van der Waals surface area contributed by atoms with Crippen LogP contribution in [0.2, 0.25) is 0 Å². The average molecular weight is 284 g/mol. The molecule has 2 N–H and O–H groups in total. The first-order valence-electron chi connectivity index (χ1n) is 7.99. The van der Waals surface area contributed by atoms with E-state index in [0.717, 1.165) is 10.9 Å². The molecule has 2 fully saturated rings. The number of aromatic nitrogens is 1. The van der Waals surface area contributed by atoms with Crippen molar-refractivity contribution in [3.8, 4) is 0 Å². The minimum Gasteiger partial charge on any atom is -0.325 e. The van der Waals surface area contributed by atoms with Crippen molar-refractivity contribution < 1.29 is 4.39 Å². The van der Waals surface area contributed by atoms with Crippen LogP contribution in [0.5, 0.6) is 0 Å². The maximum absolute atomic E-state index is 13.6. The van der Waals surface area contributed by atoms with Gasteiger partial charge in [-0.2, -0.15) is 0 Å². The Kier molecular flexibility index (Phi) is 3.00. The molecule has 3 heteroatoms. The maximum Gasteiger partial charge on any atom is 0.123 e. The molecular formula is C18H21FN2. The first kappa shape index (κ1) is 13.2. The number of pyridine rings is 1. The van der Waals surface area contributed by atoms with Crippen LogP contribution in [0.3, 0.4) is 0 Å². The lowest BCUT2D eigenvalue weighted by molar-refractivity contribution is 0.270. The van der Waals surface area contributed by atoms with Crippen molar-refractivity contribution in [2.45, 2.75) is 50.0 Å². The summed E-state index contributed by atoms with van der Waals surface area (Å²) in [5.41, 5.74) is 8.67. The number of halogens is 1. The molecule has 2 nitrogen and oxygen atoms in total. The molecule has 21 heavy (non-hydrogen) atoms. The number of benzene rings is 1. The van der Waals surface area contributed by atoms with Crippen molar-refractivity contribution in [3.05, 3.63) is 41.8 Å². The van der Waals surface area contributed by atoms with Gasteiger partial charge in [0.15, 0.2) is 0 Å². The monoisotopic (exact) mass is 284 g/mol. The first-order chi connectivity index (χ1) is 10.2. The lowest BCUT2D eigenvalue weighted by Gasteiger charge is -2.33. The van der Waals surface area contributed by atoms with Crippen molar-refractivity contribution in [2.24, 2.45) is 11.7 Å². The van der Waals surface area contributed by atoms with E-state index >= 15 is 0 Å². The van der Waals surface area contributed by atoms with Crippen LogP contribution in [0.1, 0.15) is 50.0 Å². The van der Waals surface area contributed by atoms with Crippen LogP contribution in [-0.4, -0.2) is 10.5 Å². The van der Waals surface area contributed by atoms with Gasteiger partial charge in [-0.05, 0) is 80.2 Å². The Balaban J connectivity index is 1.61. The zero-order valence-electron chi connectivity index (χ0n) is 12.2. The molecule has 2 aliphatic carbocycles. The molecule has 0 radical (unpaired) electrons. The van der Waals surface area contributed by atoms with Crippen molar-refractivity contribution in [2.75, 3.05) is 0 Å². The molecule has 0 amide bonds. The summed E-state index contributed by atoms with van der Waals surface area (Å²) in [6, 6.07) is 6.97. The lowest BCUT2D eigenvalue weighted by atomic mass is 9.74. The quantitative estimate of drug-likeness (QED) is 0.900. The van der Waals surface area contributed by atoms with Crippen LogP contribution in [0.4, 0.5) is 4.39 Å². The smallest absolute Gasteiger partial charge is 0.123 e. The molecule has 2 saturated carbocycles. The van der Waals surface area contributed by atoms with Gasteiger partial charge in [0, 0.05) is 17.1 Å².